The summed E-state index contributed by atoms with van der Waals surface area (Å²) < 4.78 is 5.46. The van der Waals surface area contributed by atoms with Crippen LogP contribution in [0.3, 0.4) is 0 Å². The molecule has 1 unspecified atom stereocenters. The molecule has 1 saturated heterocycles. The van der Waals surface area contributed by atoms with E-state index < -0.39 is 23.7 Å². The van der Waals surface area contributed by atoms with Gasteiger partial charge in [-0.3, -0.25) is 14.8 Å². The number of carbonyl (C=O) groups excluding carboxylic acids is 1. The Labute approximate surface area is 192 Å². The van der Waals surface area contributed by atoms with E-state index in [1.807, 2.05) is 24.3 Å². The second-order valence-electron chi connectivity index (χ2n) is 9.32. The topological polar surface area (TPSA) is 83.0 Å². The molecule has 0 saturated carbocycles. The van der Waals surface area contributed by atoms with E-state index in [2.05, 4.69) is 11.0 Å². The quantitative estimate of drug-likeness (QED) is 0.735. The van der Waals surface area contributed by atoms with E-state index in [1.165, 1.54) is 4.90 Å². The predicted molar refractivity (Wildman–Crippen MR) is 121 cm³/mol. The number of rotatable bonds is 2. The van der Waals surface area contributed by atoms with Gasteiger partial charge in [-0.2, -0.15) is 0 Å². The number of halogens is 1. The number of benzene rings is 1. The first-order valence-electron chi connectivity index (χ1n) is 10.8. The lowest BCUT2D eigenvalue weighted by atomic mass is 9.95. The Kier molecular flexibility index (Phi) is 6.14. The molecule has 1 aromatic heterocycles. The molecule has 1 aromatic carbocycles. The summed E-state index contributed by atoms with van der Waals surface area (Å²) in [6.07, 6.45) is 2.85. The maximum absolute atomic E-state index is 12.7. The molecule has 0 spiro atoms. The van der Waals surface area contributed by atoms with Crippen LogP contribution < -0.4 is 0 Å². The monoisotopic (exact) mass is 457 g/mol. The minimum Gasteiger partial charge on any atom is -0.480 e. The average Bonchev–Trinajstić information content (AvgIpc) is 2.88. The van der Waals surface area contributed by atoms with Crippen molar-refractivity contribution >= 4 is 23.7 Å². The number of fused-ring (bicyclic) bond motifs is 2. The molecule has 2 aliphatic rings. The molecule has 2 aromatic rings. The number of pyridine rings is 1. The van der Waals surface area contributed by atoms with E-state index in [9.17, 15) is 14.7 Å². The third-order valence-corrected chi connectivity index (χ3v) is 6.17. The average molecular weight is 458 g/mol. The van der Waals surface area contributed by atoms with Gasteiger partial charge in [0, 0.05) is 30.9 Å². The Balaban J connectivity index is 1.70. The van der Waals surface area contributed by atoms with E-state index in [0.29, 0.717) is 11.6 Å². The SMILES string of the molecule is CC(C)(C)OC(=O)N1CCN(C2c3ccc(Cl)cc3CCc3cccnc32)C[C@@H]1C(=O)O. The maximum Gasteiger partial charge on any atom is 0.411 e. The summed E-state index contributed by atoms with van der Waals surface area (Å²) in [7, 11) is 0. The molecule has 8 heteroatoms. The minimum absolute atomic E-state index is 0.178. The molecule has 1 N–H and O–H groups in total. The van der Waals surface area contributed by atoms with Gasteiger partial charge in [-0.1, -0.05) is 23.7 Å². The molecular weight excluding hydrogens is 430 g/mol. The van der Waals surface area contributed by atoms with Crippen LogP contribution in [0.1, 0.15) is 49.2 Å². The highest BCUT2D eigenvalue weighted by Crippen LogP contribution is 2.37. The third-order valence-electron chi connectivity index (χ3n) is 5.94. The molecule has 2 atom stereocenters. The van der Waals surface area contributed by atoms with Gasteiger partial charge in [0.1, 0.15) is 11.6 Å². The normalized spacial score (nSPS) is 21.3. The smallest absolute Gasteiger partial charge is 0.411 e. The lowest BCUT2D eigenvalue weighted by molar-refractivity contribution is -0.146. The van der Waals surface area contributed by atoms with Gasteiger partial charge < -0.3 is 9.84 Å². The number of amides is 1. The van der Waals surface area contributed by atoms with Gasteiger partial charge in [-0.25, -0.2) is 9.59 Å². The number of nitrogens with zero attached hydrogens (tertiary/aromatic N) is 3. The molecule has 1 aliphatic carbocycles. The van der Waals surface area contributed by atoms with Crippen LogP contribution in [0.5, 0.6) is 0 Å². The Bertz CT molecular complexity index is 1040. The van der Waals surface area contributed by atoms with E-state index in [1.54, 1.807) is 27.0 Å². The highest BCUT2D eigenvalue weighted by atomic mass is 35.5. The van der Waals surface area contributed by atoms with Crippen LogP contribution in [-0.4, -0.2) is 63.2 Å². The van der Waals surface area contributed by atoms with Crippen molar-refractivity contribution in [2.45, 2.75) is 51.3 Å². The van der Waals surface area contributed by atoms with Gasteiger partial charge in [-0.05, 0) is 68.5 Å². The molecule has 7 nitrogen and oxygen atoms in total. The zero-order valence-electron chi connectivity index (χ0n) is 18.5. The molecule has 1 aliphatic heterocycles. The molecule has 0 bridgehead atoms. The number of carbonyl (C=O) groups is 2. The highest BCUT2D eigenvalue weighted by molar-refractivity contribution is 6.30. The molecular formula is C24H28ClN3O4. The predicted octanol–water partition coefficient (Wildman–Crippen LogP) is 3.93. The van der Waals surface area contributed by atoms with Crippen LogP contribution in [-0.2, 0) is 22.4 Å². The largest absolute Gasteiger partial charge is 0.480 e. The zero-order valence-corrected chi connectivity index (χ0v) is 19.3. The summed E-state index contributed by atoms with van der Waals surface area (Å²) in [6, 6.07) is 8.66. The summed E-state index contributed by atoms with van der Waals surface area (Å²) in [4.78, 5) is 33.0. The van der Waals surface area contributed by atoms with Crippen molar-refractivity contribution in [2.24, 2.45) is 0 Å². The van der Waals surface area contributed by atoms with Crippen molar-refractivity contribution in [3.05, 3.63) is 63.9 Å². The summed E-state index contributed by atoms with van der Waals surface area (Å²) in [5.41, 5.74) is 3.61. The molecule has 4 rings (SSSR count). The minimum atomic E-state index is -1.05. The Hall–Kier alpha value is -2.64. The van der Waals surface area contributed by atoms with Gasteiger partial charge in [0.15, 0.2) is 0 Å². The lowest BCUT2D eigenvalue weighted by Gasteiger charge is -2.43. The summed E-state index contributed by atoms with van der Waals surface area (Å²) in [5.74, 6) is -1.05. The molecule has 2 heterocycles. The molecule has 170 valence electrons. The number of hydrogen-bond donors (Lipinski definition) is 1. The van der Waals surface area contributed by atoms with Crippen LogP contribution in [0, 0.1) is 0 Å². The summed E-state index contributed by atoms with van der Waals surface area (Å²) in [5, 5.41) is 10.6. The first-order valence-corrected chi connectivity index (χ1v) is 11.2. The van der Waals surface area contributed by atoms with E-state index in [4.69, 9.17) is 21.3 Å². The van der Waals surface area contributed by atoms with Crippen LogP contribution in [0.15, 0.2) is 36.5 Å². The highest BCUT2D eigenvalue weighted by Gasteiger charge is 2.41. The first kappa shape index (κ1) is 22.6. The first-order chi connectivity index (χ1) is 15.1. The zero-order chi connectivity index (χ0) is 23.0. The van der Waals surface area contributed by atoms with Crippen molar-refractivity contribution in [1.82, 2.24) is 14.8 Å². The standard InChI is InChI=1S/C24H28ClN3O4/c1-24(2,3)32-23(31)28-12-11-27(14-19(28)22(29)30)21-18-9-8-17(25)13-16(18)7-6-15-5-4-10-26-20(15)21/h4-5,8-10,13,19,21H,6-7,11-12,14H2,1-3H3,(H,29,30)/t19-,21?/m1/s1. The van der Waals surface area contributed by atoms with Gasteiger partial charge >= 0.3 is 12.1 Å². The Morgan fingerprint density at radius 2 is 1.91 bits per heavy atom. The molecule has 32 heavy (non-hydrogen) atoms. The van der Waals surface area contributed by atoms with Gasteiger partial charge in [0.2, 0.25) is 0 Å². The number of aryl methyl sites for hydroxylation is 2. The van der Waals surface area contributed by atoms with Crippen molar-refractivity contribution in [3.63, 3.8) is 0 Å². The van der Waals surface area contributed by atoms with Crippen LogP contribution >= 0.6 is 11.6 Å². The number of ether oxygens (including phenoxy) is 1. The van der Waals surface area contributed by atoms with E-state index in [0.717, 1.165) is 35.2 Å². The lowest BCUT2D eigenvalue weighted by Crippen LogP contribution is -2.59. The number of aliphatic carboxylic acids is 1. The van der Waals surface area contributed by atoms with E-state index >= 15 is 0 Å². The second-order valence-corrected chi connectivity index (χ2v) is 9.75. The number of aromatic nitrogens is 1. The number of carboxylic acid groups (broad SMARTS) is 1. The van der Waals surface area contributed by atoms with Gasteiger partial charge in [0.25, 0.3) is 0 Å². The fraction of sp³-hybridized carbons (Fsp3) is 0.458. The van der Waals surface area contributed by atoms with Crippen LogP contribution in [0.25, 0.3) is 0 Å². The number of carboxylic acids is 1. The van der Waals surface area contributed by atoms with Crippen molar-refractivity contribution in [2.75, 3.05) is 19.6 Å². The molecule has 1 amide bonds. The fourth-order valence-corrected chi connectivity index (χ4v) is 4.74. The summed E-state index contributed by atoms with van der Waals surface area (Å²) >= 11 is 6.28. The van der Waals surface area contributed by atoms with Crippen molar-refractivity contribution in [3.8, 4) is 0 Å². The molecule has 0 radical (unpaired) electrons. The summed E-state index contributed by atoms with van der Waals surface area (Å²) in [6.45, 7) is 6.25. The number of hydrogen-bond acceptors (Lipinski definition) is 5. The van der Waals surface area contributed by atoms with Crippen LogP contribution in [0.4, 0.5) is 4.79 Å². The Morgan fingerprint density at radius 1 is 1.16 bits per heavy atom. The van der Waals surface area contributed by atoms with E-state index in [-0.39, 0.29) is 19.1 Å². The fourth-order valence-electron chi connectivity index (χ4n) is 4.54. The Morgan fingerprint density at radius 3 is 2.62 bits per heavy atom. The maximum atomic E-state index is 12.7. The van der Waals surface area contributed by atoms with Crippen molar-refractivity contribution in [1.29, 1.82) is 0 Å². The van der Waals surface area contributed by atoms with Crippen LogP contribution in [0.2, 0.25) is 5.02 Å². The van der Waals surface area contributed by atoms with Crippen molar-refractivity contribution < 1.29 is 19.4 Å². The number of piperazine rings is 1. The molecule has 1 fully saturated rings. The second kappa shape index (κ2) is 8.71. The third kappa shape index (κ3) is 4.59. The van der Waals surface area contributed by atoms with Gasteiger partial charge in [0.05, 0.1) is 11.7 Å². The van der Waals surface area contributed by atoms with Gasteiger partial charge in [-0.15, -0.1) is 0 Å².